The number of halogens is 2. The number of nitrogens with zero attached hydrogens (tertiary/aromatic N) is 2. The lowest BCUT2D eigenvalue weighted by atomic mass is 10.3. The predicted molar refractivity (Wildman–Crippen MR) is 48.8 cm³/mol. The summed E-state index contributed by atoms with van der Waals surface area (Å²) in [5.74, 6) is 0. The molecule has 3 nitrogen and oxygen atoms in total. The zero-order chi connectivity index (χ0) is 8.43. The largest absolute Gasteiger partial charge is 0.396 e. The van der Waals surface area contributed by atoms with Crippen molar-refractivity contribution in [2.45, 2.75) is 0 Å². The maximum atomic E-state index is 8.48. The highest BCUT2D eigenvalue weighted by Gasteiger charge is 2.04. The van der Waals surface area contributed by atoms with Gasteiger partial charge in [0.05, 0.1) is 5.69 Å². The van der Waals surface area contributed by atoms with Gasteiger partial charge < -0.3 is 5.73 Å². The Morgan fingerprint density at radius 2 is 2.18 bits per heavy atom. The highest BCUT2D eigenvalue weighted by atomic mass is 79.9. The van der Waals surface area contributed by atoms with Crippen molar-refractivity contribution in [2.75, 3.05) is 5.73 Å². The number of rotatable bonds is 0. The predicted octanol–water partition coefficient (Wildman–Crippen LogP) is 2.06. The van der Waals surface area contributed by atoms with Gasteiger partial charge in [0.2, 0.25) is 0 Å². The van der Waals surface area contributed by atoms with Gasteiger partial charge in [0.25, 0.3) is 0 Å². The van der Waals surface area contributed by atoms with Crippen LogP contribution in [0.1, 0.15) is 5.69 Å². The Labute approximate surface area is 80.5 Å². The molecule has 0 aliphatic rings. The molecule has 5 heteroatoms. The number of hydrogen-bond donors (Lipinski definition) is 1. The number of pyridine rings is 1. The van der Waals surface area contributed by atoms with Gasteiger partial charge in [0, 0.05) is 4.47 Å². The SMILES string of the molecule is N#Cc1cc(Br)c(N)c(Br)n1. The summed E-state index contributed by atoms with van der Waals surface area (Å²) in [6, 6.07) is 3.48. The van der Waals surface area contributed by atoms with Crippen molar-refractivity contribution in [3.05, 3.63) is 20.8 Å². The van der Waals surface area contributed by atoms with E-state index in [0.29, 0.717) is 20.5 Å². The summed E-state index contributed by atoms with van der Waals surface area (Å²) in [4.78, 5) is 3.85. The lowest BCUT2D eigenvalue weighted by molar-refractivity contribution is 1.22. The van der Waals surface area contributed by atoms with Crippen LogP contribution in [-0.4, -0.2) is 4.98 Å². The van der Waals surface area contributed by atoms with Gasteiger partial charge in [-0.3, -0.25) is 0 Å². The van der Waals surface area contributed by atoms with E-state index in [1.54, 1.807) is 6.07 Å². The second-order valence-electron chi connectivity index (χ2n) is 1.81. The fraction of sp³-hybridized carbons (Fsp3) is 0. The lowest BCUT2D eigenvalue weighted by Gasteiger charge is -1.99. The molecule has 0 aliphatic heterocycles. The van der Waals surface area contributed by atoms with E-state index in [4.69, 9.17) is 11.0 Å². The average Bonchev–Trinajstić information content (AvgIpc) is 1.99. The first-order valence-electron chi connectivity index (χ1n) is 2.66. The normalized spacial score (nSPS) is 9.18. The lowest BCUT2D eigenvalue weighted by Crippen LogP contribution is -1.93. The Balaban J connectivity index is 3.35. The van der Waals surface area contributed by atoms with Gasteiger partial charge in [-0.25, -0.2) is 4.98 Å². The molecule has 0 unspecified atom stereocenters. The van der Waals surface area contributed by atoms with Crippen LogP contribution < -0.4 is 5.73 Å². The summed E-state index contributed by atoms with van der Waals surface area (Å²) in [7, 11) is 0. The molecule has 56 valence electrons. The Morgan fingerprint density at radius 3 is 2.64 bits per heavy atom. The van der Waals surface area contributed by atoms with E-state index in [1.807, 2.05) is 6.07 Å². The van der Waals surface area contributed by atoms with Crippen molar-refractivity contribution in [1.82, 2.24) is 4.98 Å². The summed E-state index contributed by atoms with van der Waals surface area (Å²) < 4.78 is 1.17. The first-order chi connectivity index (χ1) is 5.15. The third kappa shape index (κ3) is 1.70. The Bertz CT molecular complexity index is 306. The van der Waals surface area contributed by atoms with Gasteiger partial charge in [0.1, 0.15) is 16.4 Å². The zero-order valence-electron chi connectivity index (χ0n) is 5.31. The van der Waals surface area contributed by atoms with Gasteiger partial charge in [0.15, 0.2) is 0 Å². The minimum absolute atomic E-state index is 0.331. The van der Waals surface area contributed by atoms with Gasteiger partial charge in [-0.05, 0) is 37.9 Å². The maximum absolute atomic E-state index is 8.48. The quantitative estimate of drug-likeness (QED) is 0.738. The van der Waals surface area contributed by atoms with E-state index in [1.165, 1.54) is 0 Å². The van der Waals surface area contributed by atoms with E-state index >= 15 is 0 Å². The molecular formula is C6H3Br2N3. The molecule has 1 aromatic rings. The molecule has 0 aliphatic carbocycles. The van der Waals surface area contributed by atoms with Crippen molar-refractivity contribution in [3.8, 4) is 6.07 Å². The van der Waals surface area contributed by atoms with E-state index in [-0.39, 0.29) is 0 Å². The molecular weight excluding hydrogens is 274 g/mol. The molecule has 1 aromatic heterocycles. The number of nitrogen functional groups attached to an aromatic ring is 1. The minimum Gasteiger partial charge on any atom is -0.396 e. The van der Waals surface area contributed by atoms with Crippen molar-refractivity contribution < 1.29 is 0 Å². The molecule has 11 heavy (non-hydrogen) atoms. The molecule has 0 saturated heterocycles. The molecule has 0 bridgehead atoms. The number of hydrogen-bond acceptors (Lipinski definition) is 3. The third-order valence-electron chi connectivity index (χ3n) is 1.08. The van der Waals surface area contributed by atoms with Crippen molar-refractivity contribution in [3.63, 3.8) is 0 Å². The van der Waals surface area contributed by atoms with E-state index < -0.39 is 0 Å². The van der Waals surface area contributed by atoms with Crippen LogP contribution in [0, 0.1) is 11.3 Å². The monoisotopic (exact) mass is 275 g/mol. The van der Waals surface area contributed by atoms with Crippen LogP contribution >= 0.6 is 31.9 Å². The fourth-order valence-corrected chi connectivity index (χ4v) is 1.63. The highest BCUT2D eigenvalue weighted by Crippen LogP contribution is 2.26. The van der Waals surface area contributed by atoms with Crippen LogP contribution in [0.4, 0.5) is 5.69 Å². The van der Waals surface area contributed by atoms with Crippen LogP contribution in [-0.2, 0) is 0 Å². The third-order valence-corrected chi connectivity index (χ3v) is 2.34. The van der Waals surface area contributed by atoms with Crippen molar-refractivity contribution >= 4 is 37.5 Å². The number of nitriles is 1. The smallest absolute Gasteiger partial charge is 0.143 e. The van der Waals surface area contributed by atoms with Crippen LogP contribution in [0.5, 0.6) is 0 Å². The molecule has 0 fully saturated rings. The molecule has 2 N–H and O–H groups in total. The van der Waals surface area contributed by atoms with Gasteiger partial charge in [-0.1, -0.05) is 0 Å². The highest BCUT2D eigenvalue weighted by molar-refractivity contribution is 9.11. The standard InChI is InChI=1S/C6H3Br2N3/c7-4-1-3(2-9)11-6(8)5(4)10/h1H,10H2. The average molecular weight is 277 g/mol. The van der Waals surface area contributed by atoms with E-state index in [2.05, 4.69) is 36.8 Å². The maximum Gasteiger partial charge on any atom is 0.143 e. The Hall–Kier alpha value is -0.600. The number of nitrogens with two attached hydrogens (primary N) is 1. The molecule has 0 aromatic carbocycles. The summed E-state index contributed by atoms with van der Waals surface area (Å²) in [5.41, 5.74) is 6.37. The number of aromatic nitrogens is 1. The van der Waals surface area contributed by atoms with Crippen LogP contribution in [0.2, 0.25) is 0 Å². The summed E-state index contributed by atoms with van der Waals surface area (Å²) in [6.07, 6.45) is 0. The van der Waals surface area contributed by atoms with Crippen LogP contribution in [0.15, 0.2) is 15.1 Å². The second-order valence-corrected chi connectivity index (χ2v) is 3.41. The topological polar surface area (TPSA) is 62.7 Å². The molecule has 1 rings (SSSR count). The van der Waals surface area contributed by atoms with Crippen LogP contribution in [0.25, 0.3) is 0 Å². The first-order valence-corrected chi connectivity index (χ1v) is 4.25. The summed E-state index contributed by atoms with van der Waals surface area (Å²) in [5, 5.41) is 8.48. The molecule has 0 atom stereocenters. The zero-order valence-corrected chi connectivity index (χ0v) is 8.48. The summed E-state index contributed by atoms with van der Waals surface area (Å²) >= 11 is 6.31. The first kappa shape index (κ1) is 8.50. The molecule has 0 radical (unpaired) electrons. The number of anilines is 1. The van der Waals surface area contributed by atoms with E-state index in [9.17, 15) is 0 Å². The summed E-state index contributed by atoms with van der Waals surface area (Å²) in [6.45, 7) is 0. The van der Waals surface area contributed by atoms with E-state index in [0.717, 1.165) is 0 Å². The van der Waals surface area contributed by atoms with Gasteiger partial charge in [-0.2, -0.15) is 5.26 Å². The van der Waals surface area contributed by atoms with Crippen LogP contribution in [0.3, 0.4) is 0 Å². The Kier molecular flexibility index (Phi) is 2.47. The Morgan fingerprint density at radius 1 is 1.55 bits per heavy atom. The second kappa shape index (κ2) is 3.20. The van der Waals surface area contributed by atoms with Gasteiger partial charge >= 0.3 is 0 Å². The van der Waals surface area contributed by atoms with Gasteiger partial charge in [-0.15, -0.1) is 0 Å². The molecule has 0 saturated carbocycles. The van der Waals surface area contributed by atoms with Crippen molar-refractivity contribution in [1.29, 1.82) is 5.26 Å². The molecule has 0 amide bonds. The molecule has 0 spiro atoms. The fourth-order valence-electron chi connectivity index (χ4n) is 0.552. The minimum atomic E-state index is 0.331. The molecule has 1 heterocycles. The van der Waals surface area contributed by atoms with Crippen molar-refractivity contribution in [2.24, 2.45) is 0 Å².